The predicted molar refractivity (Wildman–Crippen MR) is 112 cm³/mol. The van der Waals surface area contributed by atoms with Crippen LogP contribution in [0.2, 0.25) is 5.02 Å². The van der Waals surface area contributed by atoms with Gasteiger partial charge in [-0.15, -0.1) is 10.2 Å². The van der Waals surface area contributed by atoms with E-state index in [2.05, 4.69) is 15.5 Å². The number of nitrogens with one attached hydrogen (secondary N) is 1. The van der Waals surface area contributed by atoms with Gasteiger partial charge in [0.1, 0.15) is 5.01 Å². The summed E-state index contributed by atoms with van der Waals surface area (Å²) in [6.07, 6.45) is 0.646. The summed E-state index contributed by atoms with van der Waals surface area (Å²) in [4.78, 5) is 12.6. The van der Waals surface area contributed by atoms with Gasteiger partial charge < -0.3 is 0 Å². The number of fused-ring (bicyclic) bond motifs is 1. The maximum atomic E-state index is 13.2. The SMILES string of the molecule is Cc1nnc(NC(=O)c2cc(S(=O)(=O)N3CCc4ccccc4C3)ccc2Cl)s1. The highest BCUT2D eigenvalue weighted by molar-refractivity contribution is 7.89. The lowest BCUT2D eigenvalue weighted by atomic mass is 10.0. The topological polar surface area (TPSA) is 92.3 Å². The smallest absolute Gasteiger partial charge is 0.259 e. The molecule has 29 heavy (non-hydrogen) atoms. The largest absolute Gasteiger partial charge is 0.296 e. The molecule has 1 amide bonds. The zero-order valence-electron chi connectivity index (χ0n) is 15.4. The number of anilines is 1. The maximum absolute atomic E-state index is 13.2. The summed E-state index contributed by atoms with van der Waals surface area (Å²) in [7, 11) is -3.78. The third kappa shape index (κ3) is 4.04. The van der Waals surface area contributed by atoms with Crippen molar-refractivity contribution in [3.63, 3.8) is 0 Å². The summed E-state index contributed by atoms with van der Waals surface area (Å²) < 4.78 is 27.8. The second kappa shape index (κ2) is 7.83. The molecule has 0 spiro atoms. The molecule has 4 rings (SSSR count). The Labute approximate surface area is 177 Å². The first kappa shape index (κ1) is 20.0. The molecule has 10 heteroatoms. The van der Waals surface area contributed by atoms with Gasteiger partial charge in [0.2, 0.25) is 15.2 Å². The first-order valence-electron chi connectivity index (χ1n) is 8.82. The Morgan fingerprint density at radius 1 is 1.17 bits per heavy atom. The maximum Gasteiger partial charge on any atom is 0.259 e. The molecule has 0 saturated heterocycles. The zero-order chi connectivity index (χ0) is 20.6. The molecule has 7 nitrogen and oxygen atoms in total. The molecule has 1 aromatic heterocycles. The molecular formula is C19H17ClN4O3S2. The van der Waals surface area contributed by atoms with E-state index in [0.717, 1.165) is 11.1 Å². The van der Waals surface area contributed by atoms with Crippen molar-refractivity contribution >= 4 is 44.0 Å². The fraction of sp³-hybridized carbons (Fsp3) is 0.211. The highest BCUT2D eigenvalue weighted by Gasteiger charge is 2.29. The molecule has 0 fully saturated rings. The number of amides is 1. The van der Waals surface area contributed by atoms with Gasteiger partial charge in [-0.25, -0.2) is 8.42 Å². The summed E-state index contributed by atoms with van der Waals surface area (Å²) in [6, 6.07) is 11.9. The third-order valence-electron chi connectivity index (χ3n) is 4.66. The van der Waals surface area contributed by atoms with Crippen LogP contribution in [0.15, 0.2) is 47.4 Å². The standard InChI is InChI=1S/C19H17ClN4O3S2/c1-12-22-23-19(28-12)21-18(25)16-10-15(6-7-17(16)20)29(26,27)24-9-8-13-4-2-3-5-14(13)11-24/h2-7,10H,8-9,11H2,1H3,(H,21,23,25). The minimum absolute atomic E-state index is 0.0277. The van der Waals surface area contributed by atoms with Gasteiger partial charge in [0.15, 0.2) is 0 Å². The van der Waals surface area contributed by atoms with Crippen molar-refractivity contribution in [1.29, 1.82) is 0 Å². The van der Waals surface area contributed by atoms with Gasteiger partial charge >= 0.3 is 0 Å². The molecule has 150 valence electrons. The van der Waals surface area contributed by atoms with Crippen LogP contribution in [-0.4, -0.2) is 35.4 Å². The van der Waals surface area contributed by atoms with E-state index in [-0.39, 0.29) is 15.5 Å². The van der Waals surface area contributed by atoms with Crippen LogP contribution < -0.4 is 5.32 Å². The van der Waals surface area contributed by atoms with Crippen LogP contribution in [0.4, 0.5) is 5.13 Å². The molecule has 3 aromatic rings. The van der Waals surface area contributed by atoms with E-state index < -0.39 is 15.9 Å². The number of hydrogen-bond acceptors (Lipinski definition) is 6. The highest BCUT2D eigenvalue weighted by atomic mass is 35.5. The lowest BCUT2D eigenvalue weighted by Gasteiger charge is -2.28. The second-order valence-corrected chi connectivity index (χ2v) is 10.1. The Balaban J connectivity index is 1.61. The molecule has 0 radical (unpaired) electrons. The summed E-state index contributed by atoms with van der Waals surface area (Å²) in [5.74, 6) is -0.535. The fourth-order valence-electron chi connectivity index (χ4n) is 3.17. The Morgan fingerprint density at radius 2 is 1.93 bits per heavy atom. The van der Waals surface area contributed by atoms with Crippen molar-refractivity contribution in [2.24, 2.45) is 0 Å². The molecule has 0 atom stereocenters. The molecule has 0 aliphatic carbocycles. The molecule has 1 N–H and O–H groups in total. The monoisotopic (exact) mass is 448 g/mol. The molecule has 1 aliphatic rings. The van der Waals surface area contributed by atoms with Gasteiger partial charge in [-0.2, -0.15) is 4.31 Å². The van der Waals surface area contributed by atoms with Crippen molar-refractivity contribution in [3.8, 4) is 0 Å². The third-order valence-corrected chi connectivity index (χ3v) is 7.59. The quantitative estimate of drug-likeness (QED) is 0.659. The van der Waals surface area contributed by atoms with Crippen molar-refractivity contribution in [1.82, 2.24) is 14.5 Å². The number of sulfonamides is 1. The van der Waals surface area contributed by atoms with Crippen molar-refractivity contribution in [2.75, 3.05) is 11.9 Å². The minimum atomic E-state index is -3.78. The lowest BCUT2D eigenvalue weighted by molar-refractivity contribution is 0.102. The van der Waals surface area contributed by atoms with Crippen LogP contribution in [-0.2, 0) is 23.0 Å². The summed E-state index contributed by atoms with van der Waals surface area (Å²) in [5, 5.41) is 11.5. The van der Waals surface area contributed by atoms with Crippen LogP contribution in [0.3, 0.4) is 0 Å². The van der Waals surface area contributed by atoms with Gasteiger partial charge in [-0.05, 0) is 42.7 Å². The van der Waals surface area contributed by atoms with Gasteiger partial charge in [-0.1, -0.05) is 47.2 Å². The van der Waals surface area contributed by atoms with Crippen molar-refractivity contribution in [2.45, 2.75) is 24.8 Å². The predicted octanol–water partition coefficient (Wildman–Crippen LogP) is 3.50. The first-order valence-corrected chi connectivity index (χ1v) is 11.5. The molecule has 0 bridgehead atoms. The Hall–Kier alpha value is -2.33. The van der Waals surface area contributed by atoms with E-state index in [0.29, 0.717) is 29.6 Å². The normalized spacial score (nSPS) is 14.4. The van der Waals surface area contributed by atoms with Gasteiger partial charge in [0, 0.05) is 13.1 Å². The van der Waals surface area contributed by atoms with Crippen LogP contribution >= 0.6 is 22.9 Å². The lowest BCUT2D eigenvalue weighted by Crippen LogP contribution is -2.36. The number of aromatic nitrogens is 2. The van der Waals surface area contributed by atoms with Crippen molar-refractivity contribution in [3.05, 3.63) is 69.2 Å². The molecular weight excluding hydrogens is 432 g/mol. The van der Waals surface area contributed by atoms with E-state index in [1.54, 1.807) is 6.92 Å². The van der Waals surface area contributed by atoms with Crippen LogP contribution in [0.1, 0.15) is 26.5 Å². The number of hydrogen-bond donors (Lipinski definition) is 1. The molecule has 0 saturated carbocycles. The molecule has 1 aliphatic heterocycles. The number of benzene rings is 2. The van der Waals surface area contributed by atoms with E-state index in [1.807, 2.05) is 24.3 Å². The van der Waals surface area contributed by atoms with Crippen LogP contribution in [0, 0.1) is 6.92 Å². The Kier molecular flexibility index (Phi) is 5.39. The van der Waals surface area contributed by atoms with Crippen LogP contribution in [0.25, 0.3) is 0 Å². The minimum Gasteiger partial charge on any atom is -0.296 e. The average Bonchev–Trinajstić information content (AvgIpc) is 3.12. The number of rotatable bonds is 4. The molecule has 0 unspecified atom stereocenters. The molecule has 2 heterocycles. The number of nitrogens with zero attached hydrogens (tertiary/aromatic N) is 3. The highest BCUT2D eigenvalue weighted by Crippen LogP contribution is 2.28. The average molecular weight is 449 g/mol. The molecule has 2 aromatic carbocycles. The zero-order valence-corrected chi connectivity index (χ0v) is 17.8. The first-order chi connectivity index (χ1) is 13.8. The van der Waals surface area contributed by atoms with E-state index in [1.165, 1.54) is 33.8 Å². The number of carbonyl (C=O) groups is 1. The van der Waals surface area contributed by atoms with E-state index >= 15 is 0 Å². The van der Waals surface area contributed by atoms with Crippen molar-refractivity contribution < 1.29 is 13.2 Å². The van der Waals surface area contributed by atoms with E-state index in [9.17, 15) is 13.2 Å². The number of halogens is 1. The van der Waals surface area contributed by atoms with Gasteiger partial charge in [0.05, 0.1) is 15.5 Å². The Bertz CT molecular complexity index is 1190. The number of aryl methyl sites for hydroxylation is 1. The summed E-state index contributed by atoms with van der Waals surface area (Å²) in [5.41, 5.74) is 2.21. The van der Waals surface area contributed by atoms with Gasteiger partial charge in [0.25, 0.3) is 5.91 Å². The second-order valence-electron chi connectivity index (χ2n) is 6.58. The van der Waals surface area contributed by atoms with Crippen LogP contribution in [0.5, 0.6) is 0 Å². The fourth-order valence-corrected chi connectivity index (χ4v) is 5.41. The number of carbonyl (C=O) groups excluding carboxylic acids is 1. The summed E-state index contributed by atoms with van der Waals surface area (Å²) in [6.45, 7) is 2.45. The summed E-state index contributed by atoms with van der Waals surface area (Å²) >= 11 is 7.38. The Morgan fingerprint density at radius 3 is 2.66 bits per heavy atom. The van der Waals surface area contributed by atoms with E-state index in [4.69, 9.17) is 11.6 Å². The van der Waals surface area contributed by atoms with Gasteiger partial charge in [-0.3, -0.25) is 10.1 Å².